The Hall–Kier alpha value is -3.13. The molecule has 2 N–H and O–H groups in total. The van der Waals surface area contributed by atoms with Crippen molar-refractivity contribution in [3.63, 3.8) is 0 Å². The number of hydrogen-bond donors (Lipinski definition) is 2. The molecule has 7 nitrogen and oxygen atoms in total. The molecule has 1 saturated heterocycles. The summed E-state index contributed by atoms with van der Waals surface area (Å²) in [7, 11) is 0. The summed E-state index contributed by atoms with van der Waals surface area (Å²) in [5.41, 5.74) is 3.18. The molecule has 4 heterocycles. The van der Waals surface area contributed by atoms with Crippen molar-refractivity contribution in [2.75, 3.05) is 19.7 Å². The number of H-pyrrole nitrogens is 1. The quantitative estimate of drug-likeness (QED) is 0.402. The second kappa shape index (κ2) is 8.78. The van der Waals surface area contributed by atoms with Crippen molar-refractivity contribution in [1.29, 1.82) is 0 Å². The van der Waals surface area contributed by atoms with E-state index < -0.39 is 5.82 Å². The molecule has 8 heteroatoms. The summed E-state index contributed by atoms with van der Waals surface area (Å²) in [6.07, 6.45) is 7.93. The summed E-state index contributed by atoms with van der Waals surface area (Å²) in [6, 6.07) is 5.19. The second-order valence-electron chi connectivity index (χ2n) is 8.55. The highest BCUT2D eigenvalue weighted by Gasteiger charge is 2.18. The van der Waals surface area contributed by atoms with Crippen LogP contribution in [0.15, 0.2) is 30.7 Å². The van der Waals surface area contributed by atoms with Gasteiger partial charge in [0.1, 0.15) is 17.6 Å². The van der Waals surface area contributed by atoms with E-state index in [1.165, 1.54) is 25.6 Å². The van der Waals surface area contributed by atoms with E-state index in [-0.39, 0.29) is 5.75 Å². The highest BCUT2D eigenvalue weighted by atomic mass is 19.1. The first kappa shape index (κ1) is 20.8. The average molecular weight is 438 g/mol. The lowest BCUT2D eigenvalue weighted by Gasteiger charge is -2.22. The number of halogens is 1. The number of aromatic nitrogens is 4. The maximum absolute atomic E-state index is 15.0. The van der Waals surface area contributed by atoms with E-state index in [9.17, 15) is 0 Å². The van der Waals surface area contributed by atoms with Crippen LogP contribution in [0.2, 0.25) is 0 Å². The van der Waals surface area contributed by atoms with Gasteiger partial charge in [0.15, 0.2) is 11.6 Å². The summed E-state index contributed by atoms with van der Waals surface area (Å²) >= 11 is 0. The van der Waals surface area contributed by atoms with Gasteiger partial charge in [-0.1, -0.05) is 0 Å². The zero-order chi connectivity index (χ0) is 22.1. The number of aryl methyl sites for hydroxylation is 2. The molecule has 168 valence electrons. The van der Waals surface area contributed by atoms with Crippen LogP contribution in [0.25, 0.3) is 16.4 Å². The second-order valence-corrected chi connectivity index (χ2v) is 8.55. The molecule has 1 aliphatic heterocycles. The summed E-state index contributed by atoms with van der Waals surface area (Å²) in [5, 5.41) is 8.18. The van der Waals surface area contributed by atoms with E-state index >= 15 is 4.39 Å². The summed E-state index contributed by atoms with van der Waals surface area (Å²) in [4.78, 5) is 7.40. The van der Waals surface area contributed by atoms with Gasteiger partial charge in [0.2, 0.25) is 5.88 Å². The number of aromatic amines is 1. The number of piperidine rings is 1. The Kier molecular flexibility index (Phi) is 5.70. The van der Waals surface area contributed by atoms with Crippen LogP contribution in [0.5, 0.6) is 17.4 Å². The van der Waals surface area contributed by atoms with Crippen LogP contribution in [-0.4, -0.2) is 39.3 Å². The lowest BCUT2D eigenvalue weighted by Crippen LogP contribution is -2.27. The van der Waals surface area contributed by atoms with Gasteiger partial charge in [0.25, 0.3) is 0 Å². The molecule has 0 unspecified atom stereocenters. The van der Waals surface area contributed by atoms with Crippen LogP contribution < -0.4 is 14.8 Å². The summed E-state index contributed by atoms with van der Waals surface area (Å²) in [6.45, 7) is 6.74. The highest BCUT2D eigenvalue weighted by Crippen LogP contribution is 2.34. The lowest BCUT2D eigenvalue weighted by atomic mass is 9.93. The standard InChI is InChI=1S/C24H28FN5O2/c1-15-12-18-19(29-15)5-6-20(22(18)25)32-24-23-16(2)21(13-30(23)28-14-27-24)31-11-3-4-17-7-9-26-10-8-17/h5-6,12-14,17,26,29H,3-4,7-11H2,1-2H3. The smallest absolute Gasteiger partial charge is 0.247 e. The minimum atomic E-state index is -0.415. The molecule has 1 aliphatic rings. The summed E-state index contributed by atoms with van der Waals surface area (Å²) in [5.74, 6) is 1.55. The molecule has 0 aliphatic carbocycles. The number of nitrogens with zero attached hydrogens (tertiary/aromatic N) is 3. The third-order valence-corrected chi connectivity index (χ3v) is 6.26. The molecule has 1 fully saturated rings. The first-order valence-corrected chi connectivity index (χ1v) is 11.2. The third-order valence-electron chi connectivity index (χ3n) is 6.26. The topological polar surface area (TPSA) is 76.5 Å². The normalized spacial score (nSPS) is 15.0. The van der Waals surface area contributed by atoms with Crippen LogP contribution in [0.4, 0.5) is 4.39 Å². The Bertz CT molecular complexity index is 1240. The molecule has 0 bridgehead atoms. The van der Waals surface area contributed by atoms with Crippen LogP contribution >= 0.6 is 0 Å². The minimum Gasteiger partial charge on any atom is -0.492 e. The van der Waals surface area contributed by atoms with E-state index in [1.54, 1.807) is 22.7 Å². The van der Waals surface area contributed by atoms with Gasteiger partial charge in [-0.15, -0.1) is 0 Å². The molecule has 0 saturated carbocycles. The fourth-order valence-electron chi connectivity index (χ4n) is 4.52. The third kappa shape index (κ3) is 4.02. The molecular formula is C24H28FN5O2. The Morgan fingerprint density at radius 3 is 2.88 bits per heavy atom. The molecule has 32 heavy (non-hydrogen) atoms. The van der Waals surface area contributed by atoms with Crippen molar-refractivity contribution in [1.82, 2.24) is 24.9 Å². The van der Waals surface area contributed by atoms with Gasteiger partial charge in [0, 0.05) is 22.2 Å². The maximum Gasteiger partial charge on any atom is 0.247 e. The van der Waals surface area contributed by atoms with Crippen LogP contribution in [-0.2, 0) is 0 Å². The Balaban J connectivity index is 1.33. The lowest BCUT2D eigenvalue weighted by molar-refractivity contribution is 0.273. The van der Waals surface area contributed by atoms with Gasteiger partial charge >= 0.3 is 0 Å². The van der Waals surface area contributed by atoms with E-state index in [0.717, 1.165) is 48.0 Å². The molecule has 0 atom stereocenters. The number of fused-ring (bicyclic) bond motifs is 2. The van der Waals surface area contributed by atoms with E-state index in [2.05, 4.69) is 20.4 Å². The van der Waals surface area contributed by atoms with Crippen molar-refractivity contribution in [3.8, 4) is 17.4 Å². The van der Waals surface area contributed by atoms with Crippen molar-refractivity contribution in [2.24, 2.45) is 5.92 Å². The Morgan fingerprint density at radius 1 is 1.19 bits per heavy atom. The minimum absolute atomic E-state index is 0.127. The molecule has 0 amide bonds. The van der Waals surface area contributed by atoms with Crippen molar-refractivity contribution in [3.05, 3.63) is 47.8 Å². The van der Waals surface area contributed by atoms with Gasteiger partial charge in [0.05, 0.1) is 12.8 Å². The van der Waals surface area contributed by atoms with Crippen LogP contribution in [0.3, 0.4) is 0 Å². The van der Waals surface area contributed by atoms with E-state index in [4.69, 9.17) is 9.47 Å². The molecule has 0 spiro atoms. The Labute approximate surface area is 185 Å². The van der Waals surface area contributed by atoms with Crippen molar-refractivity contribution < 1.29 is 13.9 Å². The average Bonchev–Trinajstić information content (AvgIpc) is 3.34. The molecule has 3 aromatic heterocycles. The van der Waals surface area contributed by atoms with Crippen LogP contribution in [0, 0.1) is 25.6 Å². The van der Waals surface area contributed by atoms with E-state index in [0.29, 0.717) is 23.4 Å². The first-order valence-electron chi connectivity index (χ1n) is 11.2. The number of benzene rings is 1. The van der Waals surface area contributed by atoms with Gasteiger partial charge in [-0.2, -0.15) is 10.1 Å². The van der Waals surface area contributed by atoms with Gasteiger partial charge in [-0.25, -0.2) is 8.91 Å². The summed E-state index contributed by atoms with van der Waals surface area (Å²) < 4.78 is 28.7. The van der Waals surface area contributed by atoms with Crippen molar-refractivity contribution >= 4 is 16.4 Å². The van der Waals surface area contributed by atoms with E-state index in [1.807, 2.05) is 20.0 Å². The number of ether oxygens (including phenoxy) is 2. The fraction of sp³-hybridized carbons (Fsp3) is 0.417. The predicted molar refractivity (Wildman–Crippen MR) is 121 cm³/mol. The first-order chi connectivity index (χ1) is 15.6. The Morgan fingerprint density at radius 2 is 2.03 bits per heavy atom. The molecule has 1 aromatic carbocycles. The number of hydrogen-bond acceptors (Lipinski definition) is 5. The number of nitrogens with one attached hydrogen (secondary N) is 2. The number of rotatable bonds is 7. The molecule has 5 rings (SSSR count). The SMILES string of the molecule is Cc1cc2c(F)c(Oc3ncnn4cc(OCCCC5CCNCC5)c(C)c34)ccc2[nH]1. The van der Waals surface area contributed by atoms with Crippen LogP contribution in [0.1, 0.15) is 36.9 Å². The zero-order valence-electron chi connectivity index (χ0n) is 18.4. The van der Waals surface area contributed by atoms with Gasteiger partial charge in [-0.3, -0.25) is 0 Å². The predicted octanol–water partition coefficient (Wildman–Crippen LogP) is 4.92. The van der Waals surface area contributed by atoms with Crippen molar-refractivity contribution in [2.45, 2.75) is 39.5 Å². The molecule has 4 aromatic rings. The molecule has 0 radical (unpaired) electrons. The maximum atomic E-state index is 15.0. The fourth-order valence-corrected chi connectivity index (χ4v) is 4.52. The van der Waals surface area contributed by atoms with Gasteiger partial charge < -0.3 is 19.8 Å². The van der Waals surface area contributed by atoms with Gasteiger partial charge in [-0.05, 0) is 76.7 Å². The zero-order valence-corrected chi connectivity index (χ0v) is 18.4. The molecular weight excluding hydrogens is 409 g/mol. The highest BCUT2D eigenvalue weighted by molar-refractivity contribution is 5.83. The largest absolute Gasteiger partial charge is 0.492 e. The monoisotopic (exact) mass is 437 g/mol.